The van der Waals surface area contributed by atoms with Gasteiger partial charge in [0.05, 0.1) is 5.56 Å². The Morgan fingerprint density at radius 2 is 1.93 bits per heavy atom. The average Bonchev–Trinajstić information content (AvgIpc) is 3.08. The first-order valence-corrected chi connectivity index (χ1v) is 8.25. The lowest BCUT2D eigenvalue weighted by molar-refractivity contribution is -0.227. The maximum Gasteiger partial charge on any atom is 0.406 e. The van der Waals surface area contributed by atoms with Crippen molar-refractivity contribution in [2.75, 3.05) is 13.1 Å². The first-order chi connectivity index (χ1) is 12.6. The molecule has 1 atom stereocenters. The highest BCUT2D eigenvalue weighted by Crippen LogP contribution is 2.46. The summed E-state index contributed by atoms with van der Waals surface area (Å²) in [5.74, 6) is -2.62. The molecule has 0 saturated carbocycles. The fourth-order valence-electron chi connectivity index (χ4n) is 3.23. The number of nitrogens with zero attached hydrogens (tertiary/aromatic N) is 2. The molecular formula is C19H17F3N2O3. The number of hydrogen-bond acceptors (Lipinski definition) is 3. The number of benzene rings is 1. The van der Waals surface area contributed by atoms with Crippen LogP contribution in [0.15, 0.2) is 42.7 Å². The summed E-state index contributed by atoms with van der Waals surface area (Å²) in [7, 11) is 0. The van der Waals surface area contributed by atoms with Gasteiger partial charge in [-0.2, -0.15) is 13.2 Å². The van der Waals surface area contributed by atoms with Crippen molar-refractivity contribution in [1.29, 1.82) is 0 Å². The minimum absolute atomic E-state index is 0.123. The summed E-state index contributed by atoms with van der Waals surface area (Å²) in [5, 5.41) is 9.12. The molecule has 1 aromatic heterocycles. The Hall–Kier alpha value is -2.90. The number of carbonyl (C=O) groups is 2. The van der Waals surface area contributed by atoms with Gasteiger partial charge in [-0.15, -0.1) is 0 Å². The second-order valence-corrected chi connectivity index (χ2v) is 6.69. The molecule has 3 rings (SSSR count). The maximum absolute atomic E-state index is 13.3. The van der Waals surface area contributed by atoms with E-state index in [9.17, 15) is 22.8 Å². The number of pyridine rings is 1. The van der Waals surface area contributed by atoms with Crippen molar-refractivity contribution >= 4 is 11.9 Å². The molecule has 5 nitrogen and oxygen atoms in total. The highest BCUT2D eigenvalue weighted by atomic mass is 19.4. The highest BCUT2D eigenvalue weighted by molar-refractivity contribution is 5.96. The maximum atomic E-state index is 13.3. The summed E-state index contributed by atoms with van der Waals surface area (Å²) in [6.45, 7) is 0.734. The van der Waals surface area contributed by atoms with E-state index in [1.807, 2.05) is 31.2 Å². The second-order valence-electron chi connectivity index (χ2n) is 6.69. The molecule has 1 amide bonds. The fraction of sp³-hybridized carbons (Fsp3) is 0.316. The molecule has 27 heavy (non-hydrogen) atoms. The van der Waals surface area contributed by atoms with Crippen LogP contribution in [0, 0.1) is 12.3 Å². The van der Waals surface area contributed by atoms with Gasteiger partial charge in [0.1, 0.15) is 0 Å². The normalized spacial score (nSPS) is 19.9. The predicted molar refractivity (Wildman–Crippen MR) is 91.1 cm³/mol. The van der Waals surface area contributed by atoms with Crippen molar-refractivity contribution in [3.8, 4) is 11.1 Å². The SMILES string of the molecule is Cc1cccc(-c2cncc(C(=O)N3CCC(C(=O)O)(C(F)(F)F)C3)c2)c1. The van der Waals surface area contributed by atoms with Crippen LogP contribution >= 0.6 is 0 Å². The Kier molecular flexibility index (Phi) is 4.67. The number of alkyl halides is 3. The van der Waals surface area contributed by atoms with Crippen molar-refractivity contribution < 1.29 is 27.9 Å². The third-order valence-electron chi connectivity index (χ3n) is 4.85. The molecule has 2 aromatic rings. The van der Waals surface area contributed by atoms with Crippen molar-refractivity contribution in [3.63, 3.8) is 0 Å². The Morgan fingerprint density at radius 1 is 1.19 bits per heavy atom. The van der Waals surface area contributed by atoms with Crippen molar-refractivity contribution in [1.82, 2.24) is 9.88 Å². The van der Waals surface area contributed by atoms with E-state index >= 15 is 0 Å². The van der Waals surface area contributed by atoms with Crippen LogP contribution in [0.4, 0.5) is 13.2 Å². The van der Waals surface area contributed by atoms with Crippen LogP contribution in [-0.4, -0.2) is 46.1 Å². The van der Waals surface area contributed by atoms with E-state index in [0.717, 1.165) is 16.0 Å². The second kappa shape index (κ2) is 6.68. The van der Waals surface area contributed by atoms with Crippen LogP contribution < -0.4 is 0 Å². The van der Waals surface area contributed by atoms with Gasteiger partial charge in [-0.3, -0.25) is 14.6 Å². The molecule has 8 heteroatoms. The van der Waals surface area contributed by atoms with Gasteiger partial charge in [-0.1, -0.05) is 29.8 Å². The van der Waals surface area contributed by atoms with E-state index in [0.29, 0.717) is 5.56 Å². The zero-order chi connectivity index (χ0) is 19.8. The van der Waals surface area contributed by atoms with Crippen LogP contribution in [0.5, 0.6) is 0 Å². The topological polar surface area (TPSA) is 70.5 Å². The van der Waals surface area contributed by atoms with E-state index in [2.05, 4.69) is 4.98 Å². The number of aromatic nitrogens is 1. The first-order valence-electron chi connectivity index (χ1n) is 8.25. The van der Waals surface area contributed by atoms with Gasteiger partial charge in [0.2, 0.25) is 0 Å². The third kappa shape index (κ3) is 3.39. The monoisotopic (exact) mass is 378 g/mol. The highest BCUT2D eigenvalue weighted by Gasteiger charge is 2.64. The predicted octanol–water partition coefficient (Wildman–Crippen LogP) is 3.54. The van der Waals surface area contributed by atoms with E-state index < -0.39 is 36.4 Å². The van der Waals surface area contributed by atoms with Crippen LogP contribution in [0.25, 0.3) is 11.1 Å². The minimum Gasteiger partial charge on any atom is -0.481 e. The quantitative estimate of drug-likeness (QED) is 0.887. The molecule has 0 spiro atoms. The molecule has 1 saturated heterocycles. The summed E-state index contributed by atoms with van der Waals surface area (Å²) in [6.07, 6.45) is -2.76. The van der Waals surface area contributed by atoms with Gasteiger partial charge >= 0.3 is 12.1 Å². The Balaban J connectivity index is 1.87. The number of aliphatic carboxylic acids is 1. The summed E-state index contributed by atoms with van der Waals surface area (Å²) in [6, 6.07) is 9.06. The Morgan fingerprint density at radius 3 is 2.52 bits per heavy atom. The average molecular weight is 378 g/mol. The largest absolute Gasteiger partial charge is 0.481 e. The number of carbonyl (C=O) groups excluding carboxylic acids is 1. The lowest BCUT2D eigenvalue weighted by Gasteiger charge is -2.27. The molecule has 1 fully saturated rings. The summed E-state index contributed by atoms with van der Waals surface area (Å²) >= 11 is 0. The standard InChI is InChI=1S/C19H17F3N2O3/c1-12-3-2-4-13(7-12)14-8-15(10-23-9-14)16(25)24-6-5-18(11-24,17(26)27)19(20,21)22/h2-4,7-10H,5-6,11H2,1H3,(H,26,27). The zero-order valence-corrected chi connectivity index (χ0v) is 14.5. The van der Waals surface area contributed by atoms with Gasteiger partial charge in [0, 0.05) is 31.0 Å². The van der Waals surface area contributed by atoms with Crippen molar-refractivity contribution in [2.24, 2.45) is 5.41 Å². The molecule has 2 heterocycles. The minimum atomic E-state index is -4.93. The van der Waals surface area contributed by atoms with Gasteiger partial charge in [-0.25, -0.2) is 0 Å². The molecular weight excluding hydrogens is 361 g/mol. The van der Waals surface area contributed by atoms with Crippen LogP contribution in [0.3, 0.4) is 0 Å². The Labute approximate surface area is 153 Å². The number of aryl methyl sites for hydroxylation is 1. The van der Waals surface area contributed by atoms with E-state index in [-0.39, 0.29) is 12.1 Å². The van der Waals surface area contributed by atoms with Gasteiger partial charge < -0.3 is 10.0 Å². The third-order valence-corrected chi connectivity index (χ3v) is 4.85. The first kappa shape index (κ1) is 18.9. The molecule has 142 valence electrons. The molecule has 0 aliphatic carbocycles. The van der Waals surface area contributed by atoms with Crippen molar-refractivity contribution in [3.05, 3.63) is 53.9 Å². The lowest BCUT2D eigenvalue weighted by Crippen LogP contribution is -2.47. The molecule has 0 radical (unpaired) electrons. The molecule has 0 bridgehead atoms. The van der Waals surface area contributed by atoms with E-state index in [4.69, 9.17) is 5.11 Å². The van der Waals surface area contributed by atoms with Crippen LogP contribution in [0.1, 0.15) is 22.3 Å². The summed E-state index contributed by atoms with van der Waals surface area (Å²) in [4.78, 5) is 28.9. The van der Waals surface area contributed by atoms with Gasteiger partial charge in [0.25, 0.3) is 5.91 Å². The zero-order valence-electron chi connectivity index (χ0n) is 14.5. The smallest absolute Gasteiger partial charge is 0.406 e. The molecule has 1 aromatic carbocycles. The lowest BCUT2D eigenvalue weighted by atomic mass is 9.86. The van der Waals surface area contributed by atoms with Crippen molar-refractivity contribution in [2.45, 2.75) is 19.5 Å². The number of carboxylic acid groups (broad SMARTS) is 1. The number of hydrogen-bond donors (Lipinski definition) is 1. The number of amides is 1. The summed E-state index contributed by atoms with van der Waals surface area (Å²) in [5.41, 5.74) is -0.306. The number of likely N-dealkylation sites (tertiary alicyclic amines) is 1. The van der Waals surface area contributed by atoms with Gasteiger partial charge in [0.15, 0.2) is 5.41 Å². The fourth-order valence-corrected chi connectivity index (χ4v) is 3.23. The molecule has 1 N–H and O–H groups in total. The van der Waals surface area contributed by atoms with E-state index in [1.165, 1.54) is 6.20 Å². The van der Waals surface area contributed by atoms with Crippen LogP contribution in [-0.2, 0) is 4.79 Å². The molecule has 1 aliphatic heterocycles. The Bertz CT molecular complexity index is 898. The van der Waals surface area contributed by atoms with Crippen LogP contribution in [0.2, 0.25) is 0 Å². The summed E-state index contributed by atoms with van der Waals surface area (Å²) < 4.78 is 39.9. The molecule has 1 aliphatic rings. The number of carboxylic acids is 1. The molecule has 1 unspecified atom stereocenters. The number of rotatable bonds is 3. The number of halogens is 3. The van der Waals surface area contributed by atoms with E-state index in [1.54, 1.807) is 12.3 Å². The van der Waals surface area contributed by atoms with Gasteiger partial charge in [-0.05, 0) is 25.0 Å².